The maximum atomic E-state index is 11.2. The first kappa shape index (κ1) is 26.4. The molecule has 0 bridgehead atoms. The topological polar surface area (TPSA) is 144 Å². The molecule has 0 amide bonds. The molecule has 9 nitrogen and oxygen atoms in total. The van der Waals surface area contributed by atoms with Gasteiger partial charge in [0, 0.05) is 29.5 Å². The zero-order valence-electron chi connectivity index (χ0n) is 19.5. The molecular weight excluding hydrogens is 444 g/mol. The molecule has 0 aliphatic heterocycles. The van der Waals surface area contributed by atoms with Crippen LogP contribution in [-0.2, 0) is 28.3 Å². The van der Waals surface area contributed by atoms with E-state index in [1.165, 1.54) is 0 Å². The molecule has 0 aliphatic carbocycles. The van der Waals surface area contributed by atoms with Gasteiger partial charge in [-0.3, -0.25) is 4.79 Å². The first-order chi connectivity index (χ1) is 15.7. The predicted octanol–water partition coefficient (Wildman–Crippen LogP) is 2.96. The third-order valence-corrected chi connectivity index (χ3v) is 6.12. The lowest BCUT2D eigenvalue weighted by atomic mass is 9.99. The number of carboxylic acid groups (broad SMARTS) is 1. The maximum absolute atomic E-state index is 11.2. The third kappa shape index (κ3) is 8.53. The fraction of sp³-hybridized carbons (Fsp3) is 0.522. The van der Waals surface area contributed by atoms with Gasteiger partial charge >= 0.3 is 5.97 Å². The summed E-state index contributed by atoms with van der Waals surface area (Å²) in [7, 11) is -0.825. The van der Waals surface area contributed by atoms with E-state index in [4.69, 9.17) is 15.6 Å². The van der Waals surface area contributed by atoms with E-state index in [2.05, 4.69) is 22.2 Å². The number of unbranched alkanes of at least 4 members (excludes halogenated alkanes) is 1. The number of aromatic nitrogens is 2. The van der Waals surface area contributed by atoms with Crippen molar-refractivity contribution in [3.63, 3.8) is 0 Å². The molecule has 1 aromatic carbocycles. The van der Waals surface area contributed by atoms with Crippen molar-refractivity contribution in [3.05, 3.63) is 40.6 Å². The van der Waals surface area contributed by atoms with Gasteiger partial charge in [-0.25, -0.2) is 13.4 Å². The van der Waals surface area contributed by atoms with Gasteiger partial charge < -0.3 is 20.9 Å². The molecule has 0 saturated carbocycles. The number of nitrogens with one attached hydrogen (secondary N) is 1. The lowest BCUT2D eigenvalue weighted by Crippen LogP contribution is -2.23. The van der Waals surface area contributed by atoms with Crippen LogP contribution in [-0.4, -0.2) is 48.4 Å². The number of aliphatic carboxylic acids is 1. The van der Waals surface area contributed by atoms with Crippen LogP contribution in [0.5, 0.6) is 5.75 Å². The highest BCUT2D eigenvalue weighted by molar-refractivity contribution is 7.72. The number of nitrogen functional groups attached to an aromatic ring is 1. The van der Waals surface area contributed by atoms with Crippen molar-refractivity contribution in [1.29, 1.82) is 0 Å². The Morgan fingerprint density at radius 1 is 1.24 bits per heavy atom. The normalized spacial score (nSPS) is 12.0. The van der Waals surface area contributed by atoms with E-state index in [-0.39, 0.29) is 24.2 Å². The summed E-state index contributed by atoms with van der Waals surface area (Å²) in [6, 6.07) is 5.38. The minimum absolute atomic E-state index is 0.0487. The van der Waals surface area contributed by atoms with Crippen LogP contribution in [0.4, 0.5) is 11.8 Å². The van der Waals surface area contributed by atoms with Crippen LogP contribution in [0.3, 0.4) is 0 Å². The highest BCUT2D eigenvalue weighted by Crippen LogP contribution is 2.28. The SMILES string of the molecule is CCCC[C@@H](CCC[SH](=O)=O)Nc1nc(N)nc(C)c1Cc1cc(CC(=O)O)ccc1OC. The van der Waals surface area contributed by atoms with Gasteiger partial charge in [-0.2, -0.15) is 4.98 Å². The Balaban J connectivity index is 2.37. The van der Waals surface area contributed by atoms with Crippen molar-refractivity contribution in [2.45, 2.75) is 64.8 Å². The number of benzene rings is 1. The van der Waals surface area contributed by atoms with Crippen LogP contribution in [0.25, 0.3) is 0 Å². The number of aryl methyl sites for hydroxylation is 1. The maximum Gasteiger partial charge on any atom is 0.307 e. The van der Waals surface area contributed by atoms with Crippen molar-refractivity contribution in [2.24, 2.45) is 0 Å². The van der Waals surface area contributed by atoms with E-state index in [1.54, 1.807) is 19.2 Å². The van der Waals surface area contributed by atoms with E-state index in [9.17, 15) is 13.2 Å². The molecule has 33 heavy (non-hydrogen) atoms. The minimum atomic E-state index is -2.40. The zero-order valence-corrected chi connectivity index (χ0v) is 20.4. The van der Waals surface area contributed by atoms with Crippen molar-refractivity contribution >= 4 is 28.4 Å². The fourth-order valence-corrected chi connectivity index (χ4v) is 4.23. The Labute approximate surface area is 196 Å². The van der Waals surface area contributed by atoms with E-state index in [1.807, 2.05) is 13.0 Å². The number of nitrogens with zero attached hydrogens (tertiary/aromatic N) is 2. The van der Waals surface area contributed by atoms with Gasteiger partial charge in [-0.1, -0.05) is 31.9 Å². The second kappa shape index (κ2) is 13.0. The van der Waals surface area contributed by atoms with E-state index in [0.29, 0.717) is 42.1 Å². The van der Waals surface area contributed by atoms with Gasteiger partial charge in [-0.15, -0.1) is 0 Å². The van der Waals surface area contributed by atoms with Gasteiger partial charge in [0.15, 0.2) is 0 Å². The predicted molar refractivity (Wildman–Crippen MR) is 130 cm³/mol. The van der Waals surface area contributed by atoms with Crippen LogP contribution in [0.2, 0.25) is 0 Å². The third-order valence-electron chi connectivity index (χ3n) is 5.44. The Hall–Kier alpha value is -2.88. The largest absolute Gasteiger partial charge is 0.496 e. The molecule has 182 valence electrons. The summed E-state index contributed by atoms with van der Waals surface area (Å²) >= 11 is 0. The number of ether oxygens (including phenoxy) is 1. The Morgan fingerprint density at radius 3 is 2.61 bits per heavy atom. The van der Waals surface area contributed by atoms with E-state index < -0.39 is 16.7 Å². The van der Waals surface area contributed by atoms with E-state index in [0.717, 1.165) is 30.4 Å². The highest BCUT2D eigenvalue weighted by atomic mass is 32.2. The fourth-order valence-electron chi connectivity index (χ4n) is 3.79. The lowest BCUT2D eigenvalue weighted by molar-refractivity contribution is -0.136. The summed E-state index contributed by atoms with van der Waals surface area (Å²) < 4.78 is 27.5. The van der Waals surface area contributed by atoms with Crippen LogP contribution < -0.4 is 15.8 Å². The molecule has 0 aliphatic rings. The zero-order chi connectivity index (χ0) is 24.4. The Bertz CT molecular complexity index is 1020. The van der Waals surface area contributed by atoms with Crippen molar-refractivity contribution in [1.82, 2.24) is 9.97 Å². The molecule has 4 N–H and O–H groups in total. The quantitative estimate of drug-likeness (QED) is 0.301. The number of anilines is 2. The molecule has 1 heterocycles. The average Bonchev–Trinajstić information content (AvgIpc) is 2.73. The molecule has 0 radical (unpaired) electrons. The molecule has 2 aromatic rings. The summed E-state index contributed by atoms with van der Waals surface area (Å²) in [5.74, 6) is 0.665. The summed E-state index contributed by atoms with van der Waals surface area (Å²) in [6.07, 6.45) is 4.52. The van der Waals surface area contributed by atoms with Gasteiger partial charge in [0.05, 0.1) is 13.5 Å². The standard InChI is InChI=1S/C23H34N4O5S/c1-4-5-7-18(8-6-11-33(30)31)26-22-19(15(2)25-23(24)27-22)14-17-12-16(13-21(28)29)9-10-20(17)32-3/h9-10,12,18,33H,4-8,11,13-14H2,1-3H3,(H,28,29)(H3,24,25,26,27)/t18-/m0/s1. The molecule has 1 atom stereocenters. The average molecular weight is 479 g/mol. The molecule has 2 rings (SSSR count). The van der Waals surface area contributed by atoms with Gasteiger partial charge in [-0.05, 0) is 43.4 Å². The first-order valence-corrected chi connectivity index (χ1v) is 12.5. The molecule has 1 aromatic heterocycles. The van der Waals surface area contributed by atoms with Crippen LogP contribution in [0.1, 0.15) is 61.4 Å². The molecule has 0 unspecified atom stereocenters. The summed E-state index contributed by atoms with van der Waals surface area (Å²) in [4.78, 5) is 19.9. The molecule has 0 saturated heterocycles. The smallest absolute Gasteiger partial charge is 0.307 e. The number of hydrogen-bond acceptors (Lipinski definition) is 8. The second-order valence-electron chi connectivity index (χ2n) is 8.07. The number of carbonyl (C=O) groups is 1. The number of methoxy groups -OCH3 is 1. The number of thiol groups is 1. The molecular formula is C23H34N4O5S. The van der Waals surface area contributed by atoms with Crippen LogP contribution in [0.15, 0.2) is 18.2 Å². The molecule has 10 heteroatoms. The van der Waals surface area contributed by atoms with Crippen molar-refractivity contribution < 1.29 is 23.1 Å². The summed E-state index contributed by atoms with van der Waals surface area (Å²) in [5.41, 5.74) is 8.99. The highest BCUT2D eigenvalue weighted by Gasteiger charge is 2.18. The number of rotatable bonds is 14. The molecule has 0 fully saturated rings. The van der Waals surface area contributed by atoms with Gasteiger partial charge in [0.25, 0.3) is 0 Å². The van der Waals surface area contributed by atoms with Crippen molar-refractivity contribution in [3.8, 4) is 5.75 Å². The van der Waals surface area contributed by atoms with Crippen LogP contribution in [0, 0.1) is 6.92 Å². The summed E-state index contributed by atoms with van der Waals surface area (Å²) in [6.45, 7) is 3.97. The number of nitrogens with two attached hydrogens (primary N) is 1. The molecule has 0 spiro atoms. The second-order valence-corrected chi connectivity index (χ2v) is 9.18. The van der Waals surface area contributed by atoms with Gasteiger partial charge in [0.1, 0.15) is 22.3 Å². The van der Waals surface area contributed by atoms with Crippen LogP contribution >= 0.6 is 0 Å². The van der Waals surface area contributed by atoms with Crippen molar-refractivity contribution in [2.75, 3.05) is 23.9 Å². The van der Waals surface area contributed by atoms with Gasteiger partial charge in [0.2, 0.25) is 5.95 Å². The Kier molecular flexibility index (Phi) is 10.4. The van der Waals surface area contributed by atoms with E-state index >= 15 is 0 Å². The summed E-state index contributed by atoms with van der Waals surface area (Å²) in [5, 5.41) is 12.6. The number of hydrogen-bond donors (Lipinski definition) is 4. The lowest BCUT2D eigenvalue weighted by Gasteiger charge is -2.22. The minimum Gasteiger partial charge on any atom is -0.496 e. The monoisotopic (exact) mass is 478 g/mol. The first-order valence-electron chi connectivity index (χ1n) is 11.1. The number of carboxylic acids is 1. The Morgan fingerprint density at radius 2 is 1.97 bits per heavy atom.